The van der Waals surface area contributed by atoms with Crippen LogP contribution in [0.15, 0.2) is 66.7 Å². The Kier molecular flexibility index (Phi) is 5.28. The number of nitrogens with zero attached hydrogens (tertiary/aromatic N) is 3. The predicted octanol–water partition coefficient (Wildman–Crippen LogP) is 5.40. The van der Waals surface area contributed by atoms with Crippen LogP contribution < -0.4 is 5.32 Å². The van der Waals surface area contributed by atoms with Crippen molar-refractivity contribution in [3.05, 3.63) is 77.9 Å². The van der Waals surface area contributed by atoms with Gasteiger partial charge in [-0.2, -0.15) is 5.21 Å². The standard InChI is InChI=1S/C25H27N5/c1-17(23-14-6-8-18-7-2-3-13-24(18)23)26-22-12-5-10-20(16-22)19-9-4-11-21(15-19)25-27-29-30-28-25/h2-4,6-9,11,13-15,17,20,22,26H,5,10,12,16H2,1H3,(H,27,28,29,30)/t17-,20-,22-/m1/s1. The van der Waals surface area contributed by atoms with Crippen LogP contribution in [0.25, 0.3) is 22.2 Å². The van der Waals surface area contributed by atoms with E-state index < -0.39 is 0 Å². The minimum atomic E-state index is 0.325. The zero-order valence-electron chi connectivity index (χ0n) is 17.3. The van der Waals surface area contributed by atoms with Gasteiger partial charge < -0.3 is 5.32 Å². The molecule has 1 fully saturated rings. The molecule has 1 saturated carbocycles. The summed E-state index contributed by atoms with van der Waals surface area (Å²) in [5.41, 5.74) is 3.79. The molecular formula is C25H27N5. The fraction of sp³-hybridized carbons (Fsp3) is 0.320. The summed E-state index contributed by atoms with van der Waals surface area (Å²) >= 11 is 0. The molecule has 5 heteroatoms. The SMILES string of the molecule is C[C@@H](N[C@@H]1CCC[C@@H](c2cccc(-c3nn[nH]n3)c2)C1)c1cccc2ccccc12. The van der Waals surface area contributed by atoms with Gasteiger partial charge in [0, 0.05) is 17.6 Å². The van der Waals surface area contributed by atoms with Crippen LogP contribution in [0.2, 0.25) is 0 Å². The molecule has 5 rings (SSSR count). The van der Waals surface area contributed by atoms with E-state index in [1.165, 1.54) is 41.2 Å². The Morgan fingerprint density at radius 3 is 2.77 bits per heavy atom. The Morgan fingerprint density at radius 1 is 1.00 bits per heavy atom. The summed E-state index contributed by atoms with van der Waals surface area (Å²) in [6, 6.07) is 24.8. The highest BCUT2D eigenvalue weighted by molar-refractivity contribution is 5.86. The molecule has 30 heavy (non-hydrogen) atoms. The summed E-state index contributed by atoms with van der Waals surface area (Å²) < 4.78 is 0. The number of nitrogens with one attached hydrogen (secondary N) is 2. The van der Waals surface area contributed by atoms with Crippen molar-refractivity contribution in [2.75, 3.05) is 0 Å². The molecule has 0 aliphatic heterocycles. The van der Waals surface area contributed by atoms with Gasteiger partial charge >= 0.3 is 0 Å². The van der Waals surface area contributed by atoms with Crippen molar-refractivity contribution in [2.24, 2.45) is 0 Å². The second-order valence-electron chi connectivity index (χ2n) is 8.38. The van der Waals surface area contributed by atoms with Gasteiger partial charge in [-0.15, -0.1) is 10.2 Å². The van der Waals surface area contributed by atoms with Crippen molar-refractivity contribution in [3.63, 3.8) is 0 Å². The van der Waals surface area contributed by atoms with E-state index >= 15 is 0 Å². The van der Waals surface area contributed by atoms with Gasteiger partial charge in [0.15, 0.2) is 0 Å². The highest BCUT2D eigenvalue weighted by atomic mass is 15.5. The summed E-state index contributed by atoms with van der Waals surface area (Å²) in [6.45, 7) is 2.29. The number of H-pyrrole nitrogens is 1. The average molecular weight is 398 g/mol. The minimum Gasteiger partial charge on any atom is -0.307 e. The molecular weight excluding hydrogens is 370 g/mol. The highest BCUT2D eigenvalue weighted by Gasteiger charge is 2.25. The lowest BCUT2D eigenvalue weighted by atomic mass is 9.80. The van der Waals surface area contributed by atoms with Gasteiger partial charge in [0.1, 0.15) is 0 Å². The summed E-state index contributed by atoms with van der Waals surface area (Å²) in [5, 5.41) is 21.1. The smallest absolute Gasteiger partial charge is 0.204 e. The van der Waals surface area contributed by atoms with E-state index in [-0.39, 0.29) is 0 Å². The van der Waals surface area contributed by atoms with Crippen molar-refractivity contribution in [1.82, 2.24) is 25.9 Å². The van der Waals surface area contributed by atoms with E-state index in [9.17, 15) is 0 Å². The molecule has 0 saturated heterocycles. The van der Waals surface area contributed by atoms with Gasteiger partial charge in [-0.1, -0.05) is 67.1 Å². The average Bonchev–Trinajstić information content (AvgIpc) is 3.34. The van der Waals surface area contributed by atoms with Crippen LogP contribution in [0.4, 0.5) is 0 Å². The number of rotatable bonds is 5. The van der Waals surface area contributed by atoms with Crippen LogP contribution in [0.3, 0.4) is 0 Å². The Hall–Kier alpha value is -3.05. The predicted molar refractivity (Wildman–Crippen MR) is 120 cm³/mol. The first kappa shape index (κ1) is 18.9. The molecule has 5 nitrogen and oxygen atoms in total. The van der Waals surface area contributed by atoms with Crippen molar-refractivity contribution >= 4 is 10.8 Å². The third-order valence-corrected chi connectivity index (χ3v) is 6.41. The number of aromatic nitrogens is 4. The third kappa shape index (κ3) is 3.85. The van der Waals surface area contributed by atoms with Crippen molar-refractivity contribution in [1.29, 1.82) is 0 Å². The molecule has 1 aromatic heterocycles. The summed E-state index contributed by atoms with van der Waals surface area (Å²) in [7, 11) is 0. The molecule has 4 aromatic rings. The lowest BCUT2D eigenvalue weighted by Gasteiger charge is -2.32. The lowest BCUT2D eigenvalue weighted by molar-refractivity contribution is 0.319. The number of hydrogen-bond donors (Lipinski definition) is 2. The maximum atomic E-state index is 4.13. The van der Waals surface area contributed by atoms with E-state index in [0.717, 1.165) is 12.0 Å². The quantitative estimate of drug-likeness (QED) is 0.473. The first-order chi connectivity index (χ1) is 14.8. The van der Waals surface area contributed by atoms with Crippen molar-refractivity contribution in [2.45, 2.75) is 50.6 Å². The molecule has 1 aliphatic carbocycles. The Balaban J connectivity index is 1.32. The fourth-order valence-electron chi connectivity index (χ4n) is 4.93. The summed E-state index contributed by atoms with van der Waals surface area (Å²) in [5.74, 6) is 1.22. The summed E-state index contributed by atoms with van der Waals surface area (Å²) in [6.07, 6.45) is 4.87. The zero-order chi connectivity index (χ0) is 20.3. The molecule has 0 spiro atoms. The van der Waals surface area contributed by atoms with E-state index in [1.807, 2.05) is 0 Å². The van der Waals surface area contributed by atoms with Gasteiger partial charge in [-0.05, 0) is 65.3 Å². The van der Waals surface area contributed by atoms with Crippen LogP contribution in [0.5, 0.6) is 0 Å². The van der Waals surface area contributed by atoms with Gasteiger partial charge in [0.05, 0.1) is 0 Å². The van der Waals surface area contributed by atoms with Crippen molar-refractivity contribution in [3.8, 4) is 11.4 Å². The number of fused-ring (bicyclic) bond motifs is 1. The zero-order valence-corrected chi connectivity index (χ0v) is 17.3. The Labute approximate surface area is 176 Å². The first-order valence-electron chi connectivity index (χ1n) is 10.9. The summed E-state index contributed by atoms with van der Waals surface area (Å²) in [4.78, 5) is 0. The fourth-order valence-corrected chi connectivity index (χ4v) is 4.93. The molecule has 3 aromatic carbocycles. The van der Waals surface area contributed by atoms with Crippen LogP contribution in [0.1, 0.15) is 55.7 Å². The normalized spacial score (nSPS) is 20.3. The number of benzene rings is 3. The van der Waals surface area contributed by atoms with E-state index in [1.54, 1.807) is 0 Å². The first-order valence-corrected chi connectivity index (χ1v) is 10.9. The molecule has 0 amide bonds. The van der Waals surface area contributed by atoms with Crippen LogP contribution in [-0.2, 0) is 0 Å². The molecule has 1 aliphatic rings. The second kappa shape index (κ2) is 8.36. The topological polar surface area (TPSA) is 66.5 Å². The molecule has 3 atom stereocenters. The van der Waals surface area contributed by atoms with Crippen LogP contribution in [-0.4, -0.2) is 26.7 Å². The maximum Gasteiger partial charge on any atom is 0.204 e. The van der Waals surface area contributed by atoms with Gasteiger partial charge in [-0.25, -0.2) is 0 Å². The van der Waals surface area contributed by atoms with Gasteiger partial charge in [-0.3, -0.25) is 0 Å². The minimum absolute atomic E-state index is 0.325. The molecule has 2 N–H and O–H groups in total. The second-order valence-corrected chi connectivity index (χ2v) is 8.38. The Morgan fingerprint density at radius 2 is 1.87 bits per heavy atom. The highest BCUT2D eigenvalue weighted by Crippen LogP contribution is 2.35. The lowest BCUT2D eigenvalue weighted by Crippen LogP contribution is -2.35. The van der Waals surface area contributed by atoms with Crippen LogP contribution >= 0.6 is 0 Å². The van der Waals surface area contributed by atoms with E-state index in [0.29, 0.717) is 23.8 Å². The molecule has 152 valence electrons. The third-order valence-electron chi connectivity index (χ3n) is 6.41. The van der Waals surface area contributed by atoms with Gasteiger partial charge in [0.2, 0.25) is 5.82 Å². The van der Waals surface area contributed by atoms with E-state index in [4.69, 9.17) is 0 Å². The monoisotopic (exact) mass is 397 g/mol. The maximum absolute atomic E-state index is 4.13. The molecule has 0 bridgehead atoms. The molecule has 1 heterocycles. The number of tetrazole rings is 1. The molecule has 0 unspecified atom stereocenters. The molecule has 0 radical (unpaired) electrons. The van der Waals surface area contributed by atoms with Crippen LogP contribution in [0, 0.1) is 0 Å². The van der Waals surface area contributed by atoms with Crippen molar-refractivity contribution < 1.29 is 0 Å². The van der Waals surface area contributed by atoms with Gasteiger partial charge in [0.25, 0.3) is 0 Å². The van der Waals surface area contributed by atoms with E-state index in [2.05, 4.69) is 99.6 Å². The Bertz CT molecular complexity index is 1120. The number of hydrogen-bond acceptors (Lipinski definition) is 4. The largest absolute Gasteiger partial charge is 0.307 e. The number of aromatic amines is 1.